The van der Waals surface area contributed by atoms with Gasteiger partial charge in [-0.2, -0.15) is 0 Å². The number of rotatable bonds is 6. The molecule has 1 fully saturated rings. The fraction of sp³-hybridized carbons (Fsp3) is 0.400. The van der Waals surface area contributed by atoms with E-state index in [0.717, 1.165) is 30.7 Å². The van der Waals surface area contributed by atoms with Gasteiger partial charge in [-0.25, -0.2) is 0 Å². The quantitative estimate of drug-likeness (QED) is 0.816. The van der Waals surface area contributed by atoms with E-state index in [4.69, 9.17) is 13.9 Å². The Balaban J connectivity index is 1.30. The van der Waals surface area contributed by atoms with Crippen LogP contribution in [0, 0.1) is 0 Å². The first-order valence-corrected chi connectivity index (χ1v) is 9.21. The van der Waals surface area contributed by atoms with E-state index >= 15 is 0 Å². The maximum Gasteiger partial charge on any atom is 0.287 e. The molecule has 0 radical (unpaired) electrons. The average Bonchev–Trinajstić information content (AvgIpc) is 3.36. The Morgan fingerprint density at radius 2 is 2.19 bits per heavy atom. The van der Waals surface area contributed by atoms with E-state index in [1.54, 1.807) is 12.1 Å². The van der Waals surface area contributed by atoms with E-state index in [0.29, 0.717) is 30.9 Å². The second-order valence-corrected chi connectivity index (χ2v) is 6.77. The van der Waals surface area contributed by atoms with Gasteiger partial charge in [-0.1, -0.05) is 0 Å². The zero-order chi connectivity index (χ0) is 18.6. The van der Waals surface area contributed by atoms with Gasteiger partial charge in [0.2, 0.25) is 5.91 Å². The highest BCUT2D eigenvalue weighted by molar-refractivity contribution is 5.94. The Hall–Kier alpha value is -2.80. The van der Waals surface area contributed by atoms with Crippen molar-refractivity contribution in [3.05, 3.63) is 47.4 Å². The first-order chi connectivity index (χ1) is 13.2. The van der Waals surface area contributed by atoms with Gasteiger partial charge in [0.15, 0.2) is 5.76 Å². The standard InChI is InChI=1S/C20H22N2O5/c23-19-8-3-13-10-14(4-6-17(13)22-19)26-12-16-5-7-18(27-16)20(24)21-11-15-2-1-9-25-15/h4-7,10,15H,1-3,8-9,11-12H2,(H,21,24)(H,22,23). The van der Waals surface area contributed by atoms with Gasteiger partial charge in [0, 0.05) is 25.3 Å². The van der Waals surface area contributed by atoms with Crippen LogP contribution in [-0.4, -0.2) is 31.1 Å². The summed E-state index contributed by atoms with van der Waals surface area (Å²) in [6.07, 6.45) is 3.30. The maximum atomic E-state index is 12.1. The summed E-state index contributed by atoms with van der Waals surface area (Å²) in [7, 11) is 0. The lowest BCUT2D eigenvalue weighted by Crippen LogP contribution is -2.31. The summed E-state index contributed by atoms with van der Waals surface area (Å²) in [6.45, 7) is 1.49. The number of carbonyl (C=O) groups is 2. The van der Waals surface area contributed by atoms with Crippen LogP contribution >= 0.6 is 0 Å². The van der Waals surface area contributed by atoms with Gasteiger partial charge in [0.25, 0.3) is 5.91 Å². The van der Waals surface area contributed by atoms with Crippen molar-refractivity contribution in [1.82, 2.24) is 5.32 Å². The smallest absolute Gasteiger partial charge is 0.287 e. The molecule has 1 aromatic carbocycles. The summed E-state index contributed by atoms with van der Waals surface area (Å²) < 4.78 is 16.8. The molecule has 7 heteroatoms. The first-order valence-electron chi connectivity index (χ1n) is 9.21. The van der Waals surface area contributed by atoms with Gasteiger partial charge in [-0.05, 0) is 55.2 Å². The molecule has 0 bridgehead atoms. The number of carbonyl (C=O) groups excluding carboxylic acids is 2. The van der Waals surface area contributed by atoms with Crippen molar-refractivity contribution in [2.45, 2.75) is 38.4 Å². The fourth-order valence-corrected chi connectivity index (χ4v) is 3.28. The Morgan fingerprint density at radius 3 is 3.04 bits per heavy atom. The molecule has 1 unspecified atom stereocenters. The van der Waals surface area contributed by atoms with Crippen LogP contribution in [0.3, 0.4) is 0 Å². The predicted octanol–water partition coefficient (Wildman–Crippen LogP) is 2.65. The zero-order valence-corrected chi connectivity index (χ0v) is 15.0. The van der Waals surface area contributed by atoms with Crippen LogP contribution in [-0.2, 0) is 22.6 Å². The van der Waals surface area contributed by atoms with Crippen molar-refractivity contribution in [1.29, 1.82) is 0 Å². The molecule has 2 amide bonds. The number of fused-ring (bicyclic) bond motifs is 1. The van der Waals surface area contributed by atoms with E-state index in [1.807, 2.05) is 18.2 Å². The highest BCUT2D eigenvalue weighted by Crippen LogP contribution is 2.27. The summed E-state index contributed by atoms with van der Waals surface area (Å²) in [6, 6.07) is 8.95. The Bertz CT molecular complexity index is 839. The van der Waals surface area contributed by atoms with Gasteiger partial charge in [0.05, 0.1) is 6.10 Å². The Labute approximate surface area is 157 Å². The third-order valence-electron chi connectivity index (χ3n) is 4.75. The topological polar surface area (TPSA) is 89.8 Å². The van der Waals surface area contributed by atoms with Gasteiger partial charge in [-0.3, -0.25) is 9.59 Å². The van der Waals surface area contributed by atoms with Crippen LogP contribution in [0.5, 0.6) is 5.75 Å². The number of anilines is 1. The molecule has 1 saturated heterocycles. The SMILES string of the molecule is O=C1CCc2cc(OCc3ccc(C(=O)NCC4CCCO4)o3)ccc2N1. The van der Waals surface area contributed by atoms with Crippen LogP contribution in [0.4, 0.5) is 5.69 Å². The third kappa shape index (κ3) is 4.31. The fourth-order valence-electron chi connectivity index (χ4n) is 3.28. The normalized spacial score (nSPS) is 18.7. The number of hydrogen-bond acceptors (Lipinski definition) is 5. The molecule has 0 spiro atoms. The first kappa shape index (κ1) is 17.6. The van der Waals surface area contributed by atoms with Crippen molar-refractivity contribution in [3.8, 4) is 5.75 Å². The van der Waals surface area contributed by atoms with Crippen molar-refractivity contribution in [2.24, 2.45) is 0 Å². The summed E-state index contributed by atoms with van der Waals surface area (Å²) in [5, 5.41) is 5.68. The second kappa shape index (κ2) is 7.84. The van der Waals surface area contributed by atoms with Crippen molar-refractivity contribution < 1.29 is 23.5 Å². The molecule has 7 nitrogen and oxygen atoms in total. The molecule has 3 heterocycles. The molecule has 27 heavy (non-hydrogen) atoms. The minimum atomic E-state index is -0.249. The van der Waals surface area contributed by atoms with Crippen LogP contribution in [0.15, 0.2) is 34.7 Å². The van der Waals surface area contributed by atoms with Crippen molar-refractivity contribution in [3.63, 3.8) is 0 Å². The maximum absolute atomic E-state index is 12.1. The number of hydrogen-bond donors (Lipinski definition) is 2. The van der Waals surface area contributed by atoms with E-state index in [-0.39, 0.29) is 30.3 Å². The molecular formula is C20H22N2O5. The molecule has 0 saturated carbocycles. The number of ether oxygens (including phenoxy) is 2. The average molecular weight is 370 g/mol. The molecule has 2 aliphatic rings. The third-order valence-corrected chi connectivity index (χ3v) is 4.75. The highest BCUT2D eigenvalue weighted by Gasteiger charge is 2.18. The molecule has 142 valence electrons. The molecule has 2 N–H and O–H groups in total. The molecule has 0 aliphatic carbocycles. The van der Waals surface area contributed by atoms with Crippen LogP contribution in [0.2, 0.25) is 0 Å². The van der Waals surface area contributed by atoms with Crippen LogP contribution in [0.25, 0.3) is 0 Å². The van der Waals surface area contributed by atoms with Gasteiger partial charge in [0.1, 0.15) is 18.1 Å². The zero-order valence-electron chi connectivity index (χ0n) is 15.0. The molecular weight excluding hydrogens is 348 g/mol. The molecule has 4 rings (SSSR count). The Kier molecular flexibility index (Phi) is 5.11. The summed E-state index contributed by atoms with van der Waals surface area (Å²) in [4.78, 5) is 23.5. The summed E-state index contributed by atoms with van der Waals surface area (Å²) in [5.74, 6) is 1.33. The number of amides is 2. The van der Waals surface area contributed by atoms with Crippen LogP contribution in [0.1, 0.15) is 41.1 Å². The van der Waals surface area contributed by atoms with Crippen LogP contribution < -0.4 is 15.4 Å². The van der Waals surface area contributed by atoms with Crippen molar-refractivity contribution >= 4 is 17.5 Å². The molecule has 2 aromatic rings. The van der Waals surface area contributed by atoms with Gasteiger partial charge >= 0.3 is 0 Å². The van der Waals surface area contributed by atoms with E-state index in [9.17, 15) is 9.59 Å². The van der Waals surface area contributed by atoms with E-state index in [1.165, 1.54) is 0 Å². The van der Waals surface area contributed by atoms with Gasteiger partial charge in [-0.15, -0.1) is 0 Å². The highest BCUT2D eigenvalue weighted by atomic mass is 16.5. The molecule has 1 atom stereocenters. The Morgan fingerprint density at radius 1 is 1.26 bits per heavy atom. The molecule has 2 aliphatic heterocycles. The predicted molar refractivity (Wildman–Crippen MR) is 97.7 cm³/mol. The van der Waals surface area contributed by atoms with E-state index < -0.39 is 0 Å². The number of benzene rings is 1. The summed E-state index contributed by atoms with van der Waals surface area (Å²) >= 11 is 0. The largest absolute Gasteiger partial charge is 0.486 e. The minimum absolute atomic E-state index is 0.0389. The lowest BCUT2D eigenvalue weighted by atomic mass is 10.0. The number of aryl methyl sites for hydroxylation is 1. The van der Waals surface area contributed by atoms with E-state index in [2.05, 4.69) is 10.6 Å². The van der Waals surface area contributed by atoms with Gasteiger partial charge < -0.3 is 24.5 Å². The number of furan rings is 1. The lowest BCUT2D eigenvalue weighted by molar-refractivity contribution is -0.116. The monoisotopic (exact) mass is 370 g/mol. The second-order valence-electron chi connectivity index (χ2n) is 6.77. The molecule has 1 aromatic heterocycles. The number of nitrogens with one attached hydrogen (secondary N) is 2. The minimum Gasteiger partial charge on any atom is -0.486 e. The van der Waals surface area contributed by atoms with Crippen molar-refractivity contribution in [2.75, 3.05) is 18.5 Å². The summed E-state index contributed by atoms with van der Waals surface area (Å²) in [5.41, 5.74) is 1.89. The lowest BCUT2D eigenvalue weighted by Gasteiger charge is -2.17.